The zero-order valence-corrected chi connectivity index (χ0v) is 24.9. The molecule has 4 aromatic carbocycles. The normalized spacial score (nSPS) is 10.6. The standard InChI is InChI=1S/C19H17P.C13H8BrN3O2S/c20-19(16-10-4-1-5-11-16,17-12-6-2-7-13-17)18-14-8-3-9-15-18;14-6-9-5-10(7-15)13(16-8-9)20-12-3-1-11(2-4-12)17(18)19/h1-15H,20H2;1-5,8H,6H2. The molecule has 0 bridgehead atoms. The van der Waals surface area contributed by atoms with E-state index >= 15 is 0 Å². The van der Waals surface area contributed by atoms with Crippen LogP contribution in [0, 0.1) is 21.4 Å². The van der Waals surface area contributed by atoms with E-state index in [1.165, 1.54) is 40.6 Å². The van der Waals surface area contributed by atoms with E-state index in [1.807, 2.05) is 0 Å². The van der Waals surface area contributed by atoms with E-state index in [4.69, 9.17) is 5.26 Å². The van der Waals surface area contributed by atoms with Crippen LogP contribution in [0.25, 0.3) is 0 Å². The lowest BCUT2D eigenvalue weighted by Crippen LogP contribution is -2.21. The maximum atomic E-state index is 10.6. The first kappa shape index (κ1) is 29.2. The molecule has 0 aliphatic heterocycles. The molecule has 1 aromatic heterocycles. The van der Waals surface area contributed by atoms with Gasteiger partial charge in [-0.2, -0.15) is 5.26 Å². The molecule has 5 nitrogen and oxygen atoms in total. The topological polar surface area (TPSA) is 79.8 Å². The van der Waals surface area contributed by atoms with Crippen LogP contribution in [0.15, 0.2) is 137 Å². The van der Waals surface area contributed by atoms with Crippen molar-refractivity contribution in [3.63, 3.8) is 0 Å². The second kappa shape index (κ2) is 14.0. The molecular weight excluding hydrogens is 601 g/mol. The van der Waals surface area contributed by atoms with Crippen molar-refractivity contribution in [3.05, 3.63) is 165 Å². The molecule has 0 spiro atoms. The molecular formula is C32H25BrN3O2PS. The van der Waals surface area contributed by atoms with Crippen molar-refractivity contribution in [3.8, 4) is 6.07 Å². The van der Waals surface area contributed by atoms with Crippen molar-refractivity contribution in [2.24, 2.45) is 0 Å². The van der Waals surface area contributed by atoms with Gasteiger partial charge >= 0.3 is 0 Å². The van der Waals surface area contributed by atoms with Gasteiger partial charge in [0.25, 0.3) is 5.69 Å². The summed E-state index contributed by atoms with van der Waals surface area (Å²) >= 11 is 4.62. The highest BCUT2D eigenvalue weighted by molar-refractivity contribution is 9.08. The van der Waals surface area contributed by atoms with Crippen LogP contribution in [0.1, 0.15) is 27.8 Å². The quantitative estimate of drug-likeness (QED) is 0.0594. The Bertz CT molecular complexity index is 1500. The molecule has 5 rings (SSSR count). The number of nitro benzene ring substituents is 1. The van der Waals surface area contributed by atoms with Crippen LogP contribution in [-0.2, 0) is 10.5 Å². The second-order valence-electron chi connectivity index (χ2n) is 8.70. The molecule has 1 unspecified atom stereocenters. The molecule has 5 aromatic rings. The van der Waals surface area contributed by atoms with Crippen molar-refractivity contribution in [2.75, 3.05) is 0 Å². The van der Waals surface area contributed by atoms with Gasteiger partial charge in [0.2, 0.25) is 0 Å². The summed E-state index contributed by atoms with van der Waals surface area (Å²) in [6.45, 7) is 0. The van der Waals surface area contributed by atoms with Crippen LogP contribution in [0.3, 0.4) is 0 Å². The molecule has 1 atom stereocenters. The summed E-state index contributed by atoms with van der Waals surface area (Å²) in [6.07, 6.45) is 1.70. The molecule has 1 heterocycles. The van der Waals surface area contributed by atoms with Gasteiger partial charge < -0.3 is 0 Å². The molecule has 0 aliphatic rings. The number of non-ortho nitro benzene ring substituents is 1. The van der Waals surface area contributed by atoms with E-state index in [0.717, 1.165) is 10.5 Å². The van der Waals surface area contributed by atoms with Crippen LogP contribution in [0.5, 0.6) is 0 Å². The number of nitro groups is 1. The fraction of sp³-hybridized carbons (Fsp3) is 0.0625. The number of halogens is 1. The molecule has 0 aliphatic carbocycles. The number of hydrogen-bond donors (Lipinski definition) is 0. The van der Waals surface area contributed by atoms with Gasteiger partial charge in [-0.15, -0.1) is 9.24 Å². The number of hydrogen-bond acceptors (Lipinski definition) is 5. The summed E-state index contributed by atoms with van der Waals surface area (Å²) in [7, 11) is 3.06. The van der Waals surface area contributed by atoms with Crippen molar-refractivity contribution in [1.29, 1.82) is 5.26 Å². The largest absolute Gasteiger partial charge is 0.269 e. The molecule has 198 valence electrons. The minimum atomic E-state index is -0.446. The molecule has 0 N–H and O–H groups in total. The van der Waals surface area contributed by atoms with Gasteiger partial charge in [-0.3, -0.25) is 10.1 Å². The summed E-state index contributed by atoms with van der Waals surface area (Å²) in [5.74, 6) is 0. The molecule has 0 saturated heterocycles. The van der Waals surface area contributed by atoms with Crippen molar-refractivity contribution >= 4 is 42.6 Å². The molecule has 8 heteroatoms. The summed E-state index contributed by atoms with van der Waals surface area (Å²) in [6, 6.07) is 41.9. The number of pyridine rings is 1. The van der Waals surface area contributed by atoms with Crippen molar-refractivity contribution < 1.29 is 4.92 Å². The third-order valence-electron chi connectivity index (χ3n) is 6.13. The highest BCUT2D eigenvalue weighted by Gasteiger charge is 2.30. The van der Waals surface area contributed by atoms with Crippen LogP contribution in [0.4, 0.5) is 5.69 Å². The third-order valence-corrected chi connectivity index (χ3v) is 8.81. The number of aromatic nitrogens is 1. The van der Waals surface area contributed by atoms with E-state index in [9.17, 15) is 10.1 Å². The predicted molar refractivity (Wildman–Crippen MR) is 168 cm³/mol. The maximum absolute atomic E-state index is 10.6. The molecule has 0 fully saturated rings. The van der Waals surface area contributed by atoms with Crippen LogP contribution < -0.4 is 0 Å². The Balaban J connectivity index is 0.000000185. The van der Waals surface area contributed by atoms with Gasteiger partial charge in [0.05, 0.1) is 15.6 Å². The fourth-order valence-electron chi connectivity index (χ4n) is 4.08. The SMILES string of the molecule is N#Cc1cc(CBr)cnc1Sc1ccc([N+](=O)[O-])cc1.PC(c1ccccc1)(c1ccccc1)c1ccccc1. The maximum Gasteiger partial charge on any atom is 0.269 e. The van der Waals surface area contributed by atoms with E-state index in [-0.39, 0.29) is 10.8 Å². The lowest BCUT2D eigenvalue weighted by molar-refractivity contribution is -0.384. The van der Waals surface area contributed by atoms with Gasteiger partial charge in [-0.1, -0.05) is 119 Å². The number of alkyl halides is 1. The van der Waals surface area contributed by atoms with Crippen LogP contribution in [-0.4, -0.2) is 9.91 Å². The average molecular weight is 627 g/mol. The van der Waals surface area contributed by atoms with Gasteiger partial charge in [0.15, 0.2) is 0 Å². The van der Waals surface area contributed by atoms with Gasteiger partial charge in [0, 0.05) is 28.6 Å². The second-order valence-corrected chi connectivity index (χ2v) is 11.2. The van der Waals surface area contributed by atoms with Gasteiger partial charge in [0.1, 0.15) is 11.1 Å². The highest BCUT2D eigenvalue weighted by Crippen LogP contribution is 2.44. The summed E-state index contributed by atoms with van der Waals surface area (Å²) in [5, 5.41) is 20.7. The minimum absolute atomic E-state index is 0.0393. The lowest BCUT2D eigenvalue weighted by atomic mass is 9.84. The average Bonchev–Trinajstić information content (AvgIpc) is 3.02. The van der Waals surface area contributed by atoms with Crippen molar-refractivity contribution in [1.82, 2.24) is 4.98 Å². The third kappa shape index (κ3) is 7.03. The fourth-order valence-corrected chi connectivity index (χ4v) is 5.78. The van der Waals surface area contributed by atoms with E-state index in [1.54, 1.807) is 24.4 Å². The monoisotopic (exact) mass is 625 g/mol. The van der Waals surface area contributed by atoms with Gasteiger partial charge in [-0.05, 0) is 40.5 Å². The summed E-state index contributed by atoms with van der Waals surface area (Å²) in [5.41, 5.74) is 5.30. The Kier molecular flexibility index (Phi) is 10.2. The van der Waals surface area contributed by atoms with Crippen LogP contribution >= 0.6 is 36.9 Å². The van der Waals surface area contributed by atoms with Crippen LogP contribution in [0.2, 0.25) is 0 Å². The van der Waals surface area contributed by atoms with E-state index in [2.05, 4.69) is 127 Å². The Morgan fingerprint density at radius 1 is 0.850 bits per heavy atom. The van der Waals surface area contributed by atoms with Gasteiger partial charge in [-0.25, -0.2) is 4.98 Å². The highest BCUT2D eigenvalue weighted by atomic mass is 79.9. The Morgan fingerprint density at radius 3 is 1.73 bits per heavy atom. The zero-order chi connectivity index (χ0) is 28.4. The Morgan fingerprint density at radius 2 is 1.32 bits per heavy atom. The Hall–Kier alpha value is -3.82. The van der Waals surface area contributed by atoms with E-state index in [0.29, 0.717) is 15.9 Å². The predicted octanol–water partition coefficient (Wildman–Crippen LogP) is 8.76. The molecule has 0 radical (unpaired) electrons. The first-order chi connectivity index (χ1) is 19.5. The zero-order valence-electron chi connectivity index (χ0n) is 21.4. The molecule has 0 amide bonds. The summed E-state index contributed by atoms with van der Waals surface area (Å²) in [4.78, 5) is 15.2. The molecule has 40 heavy (non-hydrogen) atoms. The smallest absolute Gasteiger partial charge is 0.258 e. The van der Waals surface area contributed by atoms with E-state index < -0.39 is 4.92 Å². The number of rotatable bonds is 7. The first-order valence-electron chi connectivity index (χ1n) is 12.3. The Labute approximate surface area is 248 Å². The molecule has 0 saturated carbocycles. The lowest BCUT2D eigenvalue weighted by Gasteiger charge is -2.31. The number of benzene rings is 4. The van der Waals surface area contributed by atoms with Crippen molar-refractivity contribution in [2.45, 2.75) is 20.4 Å². The first-order valence-corrected chi connectivity index (χ1v) is 14.8. The number of nitriles is 1. The minimum Gasteiger partial charge on any atom is -0.258 e. The summed E-state index contributed by atoms with van der Waals surface area (Å²) < 4.78 is 0. The number of nitrogens with zero attached hydrogens (tertiary/aromatic N) is 3.